The van der Waals surface area contributed by atoms with Gasteiger partial charge in [0.25, 0.3) is 0 Å². The maximum absolute atomic E-state index is 4.29. The number of aryl methyl sites for hydroxylation is 1. The van der Waals surface area contributed by atoms with Gasteiger partial charge in [0.1, 0.15) is 0 Å². The number of likely N-dealkylation sites (N-methyl/N-ethyl adjacent to an activating group) is 1. The lowest BCUT2D eigenvalue weighted by Crippen LogP contribution is -2.42. The van der Waals surface area contributed by atoms with Crippen LogP contribution < -0.4 is 10.6 Å². The fraction of sp³-hybridized carbons (Fsp3) is 0.611. The Balaban J connectivity index is 1.56. The summed E-state index contributed by atoms with van der Waals surface area (Å²) in [6.07, 6.45) is 4.98. The number of nitrogens with one attached hydrogen (secondary N) is 2. The SMILES string of the molecule is CCN(CCNC(=NC)NCCCc1ccccc1)C1CC1. The largest absolute Gasteiger partial charge is 0.356 e. The molecule has 0 atom stereocenters. The summed E-state index contributed by atoms with van der Waals surface area (Å²) in [5.41, 5.74) is 1.40. The Morgan fingerprint density at radius 1 is 1.18 bits per heavy atom. The monoisotopic (exact) mass is 302 g/mol. The molecule has 2 rings (SSSR count). The molecule has 0 amide bonds. The van der Waals surface area contributed by atoms with E-state index in [9.17, 15) is 0 Å². The topological polar surface area (TPSA) is 39.7 Å². The predicted octanol–water partition coefficient (Wildman–Crippen LogP) is 2.27. The maximum atomic E-state index is 4.29. The molecule has 0 aliphatic heterocycles. The summed E-state index contributed by atoms with van der Waals surface area (Å²) in [5, 5.41) is 6.81. The molecular weight excluding hydrogens is 272 g/mol. The summed E-state index contributed by atoms with van der Waals surface area (Å²) in [6.45, 7) is 6.41. The van der Waals surface area contributed by atoms with Crippen LogP contribution in [0.5, 0.6) is 0 Å². The van der Waals surface area contributed by atoms with E-state index in [0.29, 0.717) is 0 Å². The molecule has 4 heteroatoms. The van der Waals surface area contributed by atoms with Crippen LogP contribution in [-0.4, -0.2) is 50.1 Å². The van der Waals surface area contributed by atoms with Crippen LogP contribution in [0.25, 0.3) is 0 Å². The summed E-state index contributed by atoms with van der Waals surface area (Å²) in [5.74, 6) is 0.917. The van der Waals surface area contributed by atoms with Crippen LogP contribution in [-0.2, 0) is 6.42 Å². The zero-order valence-electron chi connectivity index (χ0n) is 14.0. The second kappa shape index (κ2) is 9.46. The van der Waals surface area contributed by atoms with Crippen LogP contribution in [0.3, 0.4) is 0 Å². The average Bonchev–Trinajstić information content (AvgIpc) is 3.39. The highest BCUT2D eigenvalue weighted by Crippen LogP contribution is 2.25. The molecule has 2 N–H and O–H groups in total. The lowest BCUT2D eigenvalue weighted by molar-refractivity contribution is 0.282. The second-order valence-corrected chi connectivity index (χ2v) is 5.87. The molecule has 1 aliphatic rings. The van der Waals surface area contributed by atoms with E-state index in [2.05, 4.69) is 57.8 Å². The van der Waals surface area contributed by atoms with E-state index in [-0.39, 0.29) is 0 Å². The molecule has 1 aliphatic carbocycles. The van der Waals surface area contributed by atoms with Crippen LogP contribution in [0.2, 0.25) is 0 Å². The molecule has 1 fully saturated rings. The summed E-state index contributed by atoms with van der Waals surface area (Å²) < 4.78 is 0. The van der Waals surface area contributed by atoms with Gasteiger partial charge < -0.3 is 10.6 Å². The van der Waals surface area contributed by atoms with Gasteiger partial charge in [-0.15, -0.1) is 0 Å². The number of benzene rings is 1. The van der Waals surface area contributed by atoms with Crippen molar-refractivity contribution in [3.8, 4) is 0 Å². The predicted molar refractivity (Wildman–Crippen MR) is 94.4 cm³/mol. The third-order valence-corrected chi connectivity index (χ3v) is 4.16. The zero-order valence-corrected chi connectivity index (χ0v) is 14.0. The molecule has 22 heavy (non-hydrogen) atoms. The molecule has 1 aromatic rings. The van der Waals surface area contributed by atoms with E-state index in [1.165, 1.54) is 18.4 Å². The second-order valence-electron chi connectivity index (χ2n) is 5.87. The van der Waals surface area contributed by atoms with Crippen molar-refractivity contribution >= 4 is 5.96 Å². The normalized spacial score (nSPS) is 15.1. The first-order valence-corrected chi connectivity index (χ1v) is 8.56. The van der Waals surface area contributed by atoms with Crippen molar-refractivity contribution in [1.82, 2.24) is 15.5 Å². The van der Waals surface area contributed by atoms with Gasteiger partial charge in [-0.05, 0) is 37.8 Å². The highest BCUT2D eigenvalue weighted by Gasteiger charge is 2.27. The molecule has 0 saturated heterocycles. The Bertz CT molecular complexity index is 440. The fourth-order valence-electron chi connectivity index (χ4n) is 2.72. The Morgan fingerprint density at radius 3 is 2.55 bits per heavy atom. The Labute approximate surface area is 135 Å². The Morgan fingerprint density at radius 2 is 1.91 bits per heavy atom. The third-order valence-electron chi connectivity index (χ3n) is 4.16. The van der Waals surface area contributed by atoms with Crippen LogP contribution in [0.4, 0.5) is 0 Å². The van der Waals surface area contributed by atoms with Crippen molar-refractivity contribution < 1.29 is 0 Å². The van der Waals surface area contributed by atoms with E-state index in [1.807, 2.05) is 7.05 Å². The molecule has 0 bridgehead atoms. The quantitative estimate of drug-likeness (QED) is 0.418. The number of hydrogen-bond acceptors (Lipinski definition) is 2. The van der Waals surface area contributed by atoms with Crippen LogP contribution >= 0.6 is 0 Å². The van der Waals surface area contributed by atoms with Crippen molar-refractivity contribution in [3.05, 3.63) is 35.9 Å². The third kappa shape index (κ3) is 6.06. The summed E-state index contributed by atoms with van der Waals surface area (Å²) in [6, 6.07) is 11.5. The van der Waals surface area contributed by atoms with Gasteiger partial charge in [-0.2, -0.15) is 0 Å². The highest BCUT2D eigenvalue weighted by molar-refractivity contribution is 5.79. The first-order chi connectivity index (χ1) is 10.8. The maximum Gasteiger partial charge on any atom is 0.191 e. The van der Waals surface area contributed by atoms with Gasteiger partial charge in [0.15, 0.2) is 5.96 Å². The standard InChI is InChI=1S/C18H30N4/c1-3-22(17-11-12-17)15-14-21-18(19-2)20-13-7-10-16-8-5-4-6-9-16/h4-6,8-9,17H,3,7,10-15H2,1-2H3,(H2,19,20,21). The number of aliphatic imine (C=N–C) groups is 1. The van der Waals surface area contributed by atoms with E-state index < -0.39 is 0 Å². The zero-order chi connectivity index (χ0) is 15.6. The number of hydrogen-bond donors (Lipinski definition) is 2. The minimum absolute atomic E-state index is 0.840. The highest BCUT2D eigenvalue weighted by atomic mass is 15.2. The minimum Gasteiger partial charge on any atom is -0.356 e. The molecule has 0 aromatic heterocycles. The average molecular weight is 302 g/mol. The van der Waals surface area contributed by atoms with Gasteiger partial charge in [-0.1, -0.05) is 37.3 Å². The molecular formula is C18H30N4. The molecule has 0 heterocycles. The number of guanidine groups is 1. The van der Waals surface area contributed by atoms with Gasteiger partial charge in [0.05, 0.1) is 0 Å². The minimum atomic E-state index is 0.840. The summed E-state index contributed by atoms with van der Waals surface area (Å²) >= 11 is 0. The van der Waals surface area contributed by atoms with Crippen molar-refractivity contribution in [1.29, 1.82) is 0 Å². The molecule has 1 saturated carbocycles. The van der Waals surface area contributed by atoms with E-state index >= 15 is 0 Å². The Hall–Kier alpha value is -1.55. The van der Waals surface area contributed by atoms with Gasteiger partial charge in [0.2, 0.25) is 0 Å². The smallest absolute Gasteiger partial charge is 0.191 e. The first kappa shape index (κ1) is 16.8. The van der Waals surface area contributed by atoms with Crippen LogP contribution in [0, 0.1) is 0 Å². The van der Waals surface area contributed by atoms with Gasteiger partial charge >= 0.3 is 0 Å². The van der Waals surface area contributed by atoms with Gasteiger partial charge in [0, 0.05) is 32.7 Å². The molecule has 0 spiro atoms. The van der Waals surface area contributed by atoms with E-state index in [4.69, 9.17) is 0 Å². The van der Waals surface area contributed by atoms with Crippen molar-refractivity contribution in [2.24, 2.45) is 4.99 Å². The number of rotatable bonds is 9. The van der Waals surface area contributed by atoms with Crippen molar-refractivity contribution in [2.45, 2.75) is 38.6 Å². The lowest BCUT2D eigenvalue weighted by Gasteiger charge is -2.20. The molecule has 0 radical (unpaired) electrons. The van der Waals surface area contributed by atoms with E-state index in [0.717, 1.165) is 51.0 Å². The summed E-state index contributed by atoms with van der Waals surface area (Å²) in [7, 11) is 1.84. The van der Waals surface area contributed by atoms with Gasteiger partial charge in [-0.25, -0.2) is 0 Å². The number of nitrogens with zero attached hydrogens (tertiary/aromatic N) is 2. The Kier molecular flexibility index (Phi) is 7.23. The van der Waals surface area contributed by atoms with Crippen molar-refractivity contribution in [2.75, 3.05) is 33.2 Å². The lowest BCUT2D eigenvalue weighted by atomic mass is 10.1. The van der Waals surface area contributed by atoms with E-state index in [1.54, 1.807) is 0 Å². The molecule has 122 valence electrons. The molecule has 1 aromatic carbocycles. The first-order valence-electron chi connectivity index (χ1n) is 8.56. The van der Waals surface area contributed by atoms with Gasteiger partial charge in [-0.3, -0.25) is 9.89 Å². The van der Waals surface area contributed by atoms with Crippen LogP contribution in [0.1, 0.15) is 31.7 Å². The molecule has 0 unspecified atom stereocenters. The molecule has 4 nitrogen and oxygen atoms in total. The fourth-order valence-corrected chi connectivity index (χ4v) is 2.72. The van der Waals surface area contributed by atoms with Crippen LogP contribution in [0.15, 0.2) is 35.3 Å². The summed E-state index contributed by atoms with van der Waals surface area (Å²) in [4.78, 5) is 6.84. The van der Waals surface area contributed by atoms with Crippen molar-refractivity contribution in [3.63, 3.8) is 0 Å².